The summed E-state index contributed by atoms with van der Waals surface area (Å²) in [7, 11) is 0. The van der Waals surface area contributed by atoms with Crippen molar-refractivity contribution in [2.24, 2.45) is 10.7 Å². The Balaban J connectivity index is 0.00000112. The van der Waals surface area contributed by atoms with Gasteiger partial charge >= 0.3 is 0 Å². The fourth-order valence-corrected chi connectivity index (χ4v) is 1.12. The van der Waals surface area contributed by atoms with Crippen LogP contribution in [0.25, 0.3) is 0 Å². The SMILES string of the molecule is Cl.Cl.NC(=O)C1=CC=Nc2ccccc2O1. The lowest BCUT2D eigenvalue weighted by atomic mass is 10.3. The zero-order valence-corrected chi connectivity index (χ0v) is 9.75. The first-order valence-corrected chi connectivity index (χ1v) is 4.08. The molecule has 0 radical (unpaired) electrons. The molecule has 0 saturated carbocycles. The van der Waals surface area contributed by atoms with Gasteiger partial charge in [-0.3, -0.25) is 9.79 Å². The fraction of sp³-hybridized carbons (Fsp3) is 0. The Morgan fingerprint density at radius 2 is 1.94 bits per heavy atom. The third kappa shape index (κ3) is 2.98. The van der Waals surface area contributed by atoms with Crippen molar-refractivity contribution in [3.63, 3.8) is 0 Å². The highest BCUT2D eigenvalue weighted by molar-refractivity contribution is 5.96. The van der Waals surface area contributed by atoms with Crippen LogP contribution in [0.1, 0.15) is 0 Å². The van der Waals surface area contributed by atoms with Gasteiger partial charge in [0.1, 0.15) is 5.69 Å². The molecule has 0 saturated heterocycles. The number of aliphatic imine (C=N–C) groups is 1. The smallest absolute Gasteiger partial charge is 0.284 e. The van der Waals surface area contributed by atoms with Crippen molar-refractivity contribution in [3.8, 4) is 5.75 Å². The molecule has 2 N–H and O–H groups in total. The fourth-order valence-electron chi connectivity index (χ4n) is 1.12. The molecule has 2 rings (SSSR count). The van der Waals surface area contributed by atoms with E-state index in [1.165, 1.54) is 12.3 Å². The quantitative estimate of drug-likeness (QED) is 0.840. The van der Waals surface area contributed by atoms with Crippen LogP contribution in [0.3, 0.4) is 0 Å². The average molecular weight is 261 g/mol. The Bertz CT molecular complexity index is 444. The molecule has 1 aromatic carbocycles. The second-order valence-corrected chi connectivity index (χ2v) is 2.74. The van der Waals surface area contributed by atoms with Gasteiger partial charge in [-0.05, 0) is 12.1 Å². The third-order valence-electron chi connectivity index (χ3n) is 1.77. The highest BCUT2D eigenvalue weighted by atomic mass is 35.5. The Labute approximate surface area is 105 Å². The van der Waals surface area contributed by atoms with E-state index < -0.39 is 5.91 Å². The molecule has 86 valence electrons. The number of primary amides is 1. The lowest BCUT2D eigenvalue weighted by molar-refractivity contribution is -0.116. The van der Waals surface area contributed by atoms with Crippen molar-refractivity contribution in [2.45, 2.75) is 0 Å². The summed E-state index contributed by atoms with van der Waals surface area (Å²) in [6, 6.07) is 7.17. The van der Waals surface area contributed by atoms with E-state index in [9.17, 15) is 4.79 Å². The molecule has 16 heavy (non-hydrogen) atoms. The maximum Gasteiger partial charge on any atom is 0.284 e. The van der Waals surface area contributed by atoms with E-state index in [0.29, 0.717) is 11.4 Å². The van der Waals surface area contributed by atoms with Gasteiger partial charge in [-0.25, -0.2) is 0 Å². The Kier molecular flexibility index (Phi) is 5.56. The van der Waals surface area contributed by atoms with Crippen LogP contribution in [-0.4, -0.2) is 12.1 Å². The van der Waals surface area contributed by atoms with Gasteiger partial charge in [0, 0.05) is 12.3 Å². The molecule has 1 heterocycles. The summed E-state index contributed by atoms with van der Waals surface area (Å²) in [6.07, 6.45) is 2.94. The van der Waals surface area contributed by atoms with Crippen molar-refractivity contribution < 1.29 is 9.53 Å². The summed E-state index contributed by atoms with van der Waals surface area (Å²) in [5, 5.41) is 0. The van der Waals surface area contributed by atoms with Crippen LogP contribution in [0.2, 0.25) is 0 Å². The largest absolute Gasteiger partial charge is 0.449 e. The van der Waals surface area contributed by atoms with E-state index >= 15 is 0 Å². The molecule has 0 fully saturated rings. The van der Waals surface area contributed by atoms with Crippen molar-refractivity contribution in [3.05, 3.63) is 36.1 Å². The molecule has 0 bridgehead atoms. The van der Waals surface area contributed by atoms with Gasteiger partial charge in [0.25, 0.3) is 5.91 Å². The topological polar surface area (TPSA) is 64.7 Å². The number of nitrogens with zero attached hydrogens (tertiary/aromatic N) is 1. The minimum absolute atomic E-state index is 0. The van der Waals surface area contributed by atoms with E-state index in [2.05, 4.69) is 4.99 Å². The molecular weight excluding hydrogens is 251 g/mol. The third-order valence-corrected chi connectivity index (χ3v) is 1.77. The number of halogens is 2. The number of para-hydroxylation sites is 2. The van der Waals surface area contributed by atoms with Gasteiger partial charge < -0.3 is 10.5 Å². The predicted octanol–water partition coefficient (Wildman–Crippen LogP) is 1.99. The molecule has 0 aromatic heterocycles. The number of hydrogen-bond acceptors (Lipinski definition) is 3. The Hall–Kier alpha value is -1.52. The van der Waals surface area contributed by atoms with Gasteiger partial charge in [-0.15, -0.1) is 24.8 Å². The van der Waals surface area contributed by atoms with Crippen LogP contribution < -0.4 is 10.5 Å². The first-order chi connectivity index (χ1) is 6.77. The number of hydrogen-bond donors (Lipinski definition) is 1. The second-order valence-electron chi connectivity index (χ2n) is 2.74. The predicted molar refractivity (Wildman–Crippen MR) is 67.0 cm³/mol. The van der Waals surface area contributed by atoms with Gasteiger partial charge in [0.05, 0.1) is 0 Å². The number of nitrogens with two attached hydrogens (primary N) is 1. The van der Waals surface area contributed by atoms with Crippen molar-refractivity contribution in [2.75, 3.05) is 0 Å². The summed E-state index contributed by atoms with van der Waals surface area (Å²) in [5.41, 5.74) is 5.78. The van der Waals surface area contributed by atoms with Crippen LogP contribution >= 0.6 is 24.8 Å². The normalized spacial score (nSPS) is 11.9. The molecule has 4 nitrogen and oxygen atoms in total. The Morgan fingerprint density at radius 1 is 1.25 bits per heavy atom. The number of rotatable bonds is 1. The van der Waals surface area contributed by atoms with E-state index in [1.54, 1.807) is 18.2 Å². The van der Waals surface area contributed by atoms with E-state index in [4.69, 9.17) is 10.5 Å². The highest BCUT2D eigenvalue weighted by Crippen LogP contribution is 2.29. The van der Waals surface area contributed by atoms with Gasteiger partial charge in [-0.1, -0.05) is 12.1 Å². The van der Waals surface area contributed by atoms with Crippen LogP contribution in [0, 0.1) is 0 Å². The summed E-state index contributed by atoms with van der Waals surface area (Å²) in [4.78, 5) is 15.0. The lowest BCUT2D eigenvalue weighted by Crippen LogP contribution is -2.18. The molecule has 1 aromatic rings. The summed E-state index contributed by atoms with van der Waals surface area (Å²) >= 11 is 0. The van der Waals surface area contributed by atoms with Gasteiger partial charge in [0.2, 0.25) is 0 Å². The number of ether oxygens (including phenoxy) is 1. The van der Waals surface area contributed by atoms with Crippen LogP contribution in [0.5, 0.6) is 5.75 Å². The molecule has 1 aliphatic rings. The lowest BCUT2D eigenvalue weighted by Gasteiger charge is -2.05. The first kappa shape index (κ1) is 14.5. The van der Waals surface area contributed by atoms with Crippen molar-refractivity contribution in [1.29, 1.82) is 0 Å². The van der Waals surface area contributed by atoms with E-state index in [-0.39, 0.29) is 30.6 Å². The first-order valence-electron chi connectivity index (χ1n) is 4.08. The molecule has 0 unspecified atom stereocenters. The molecular formula is C10H10Cl2N2O2. The second kappa shape index (κ2) is 6.15. The average Bonchev–Trinajstić information content (AvgIpc) is 2.39. The number of allylic oxidation sites excluding steroid dienone is 1. The van der Waals surface area contributed by atoms with Gasteiger partial charge in [0.15, 0.2) is 11.5 Å². The molecule has 1 amide bonds. The summed E-state index contributed by atoms with van der Waals surface area (Å²) in [6.45, 7) is 0. The number of carbonyl (C=O) groups excluding carboxylic acids is 1. The zero-order chi connectivity index (χ0) is 9.97. The minimum atomic E-state index is -0.604. The van der Waals surface area contributed by atoms with Crippen LogP contribution in [-0.2, 0) is 4.79 Å². The maximum atomic E-state index is 10.9. The summed E-state index contributed by atoms with van der Waals surface area (Å²) < 4.78 is 5.28. The van der Waals surface area contributed by atoms with E-state index in [1.807, 2.05) is 6.07 Å². The highest BCUT2D eigenvalue weighted by Gasteiger charge is 2.11. The van der Waals surface area contributed by atoms with Crippen molar-refractivity contribution >= 4 is 42.6 Å². The molecule has 0 atom stereocenters. The number of amides is 1. The van der Waals surface area contributed by atoms with E-state index in [0.717, 1.165) is 0 Å². The minimum Gasteiger partial charge on any atom is -0.449 e. The van der Waals surface area contributed by atoms with Crippen LogP contribution in [0.4, 0.5) is 5.69 Å². The molecule has 6 heteroatoms. The maximum absolute atomic E-state index is 10.9. The molecule has 0 spiro atoms. The summed E-state index contributed by atoms with van der Waals surface area (Å²) in [5.74, 6) is 0.0261. The monoisotopic (exact) mass is 260 g/mol. The number of carbonyl (C=O) groups is 1. The Morgan fingerprint density at radius 3 is 2.62 bits per heavy atom. The zero-order valence-electron chi connectivity index (χ0n) is 8.12. The number of fused-ring (bicyclic) bond motifs is 1. The molecule has 1 aliphatic heterocycles. The van der Waals surface area contributed by atoms with Crippen molar-refractivity contribution in [1.82, 2.24) is 0 Å². The van der Waals surface area contributed by atoms with Gasteiger partial charge in [-0.2, -0.15) is 0 Å². The number of benzene rings is 1. The van der Waals surface area contributed by atoms with Crippen LogP contribution in [0.15, 0.2) is 41.1 Å². The standard InChI is InChI=1S/C10H8N2O2.2ClH/c11-10(13)9-5-6-12-7-3-1-2-4-8(7)14-9;;/h1-6H,(H2,11,13);2*1H. The molecule has 0 aliphatic carbocycles.